The highest BCUT2D eigenvalue weighted by Crippen LogP contribution is 2.65. The van der Waals surface area contributed by atoms with Gasteiger partial charge >= 0.3 is 5.97 Å². The minimum Gasteiger partial charge on any atom is -0.462 e. The van der Waals surface area contributed by atoms with Gasteiger partial charge in [0.25, 0.3) is 0 Å². The van der Waals surface area contributed by atoms with Crippen LogP contribution in [0.1, 0.15) is 78.6 Å². The van der Waals surface area contributed by atoms with Gasteiger partial charge in [0, 0.05) is 24.7 Å². The molecule has 0 saturated heterocycles. The summed E-state index contributed by atoms with van der Waals surface area (Å²) in [5.74, 6) is 2.20. The van der Waals surface area contributed by atoms with Crippen LogP contribution in [0.3, 0.4) is 0 Å². The highest BCUT2D eigenvalue weighted by atomic mass is 16.5. The molecular formula is C21H32O3. The van der Waals surface area contributed by atoms with E-state index < -0.39 is 0 Å². The van der Waals surface area contributed by atoms with Crippen molar-refractivity contribution in [2.24, 2.45) is 34.5 Å². The molecule has 7 atom stereocenters. The van der Waals surface area contributed by atoms with Gasteiger partial charge in [-0.25, -0.2) is 0 Å². The van der Waals surface area contributed by atoms with E-state index >= 15 is 0 Å². The van der Waals surface area contributed by atoms with E-state index in [4.69, 9.17) is 4.74 Å². The molecule has 0 radical (unpaired) electrons. The van der Waals surface area contributed by atoms with Crippen molar-refractivity contribution < 1.29 is 14.3 Å². The van der Waals surface area contributed by atoms with Crippen molar-refractivity contribution in [1.29, 1.82) is 0 Å². The number of hydrogen-bond acceptors (Lipinski definition) is 3. The average Bonchev–Trinajstić information content (AvgIpc) is 2.84. The third-order valence-electron chi connectivity index (χ3n) is 8.61. The maximum Gasteiger partial charge on any atom is 0.302 e. The van der Waals surface area contributed by atoms with Gasteiger partial charge in [-0.2, -0.15) is 0 Å². The zero-order valence-electron chi connectivity index (χ0n) is 15.5. The number of rotatable bonds is 1. The summed E-state index contributed by atoms with van der Waals surface area (Å²) in [5.41, 5.74) is 0.387. The Morgan fingerprint density at radius 1 is 1.00 bits per heavy atom. The summed E-state index contributed by atoms with van der Waals surface area (Å²) in [7, 11) is 0. The predicted octanol–water partition coefficient (Wildman–Crippen LogP) is 4.53. The van der Waals surface area contributed by atoms with Crippen LogP contribution in [0.25, 0.3) is 0 Å². The molecule has 0 bridgehead atoms. The van der Waals surface area contributed by atoms with Gasteiger partial charge in [0.15, 0.2) is 0 Å². The van der Waals surface area contributed by atoms with Crippen molar-refractivity contribution in [3.05, 3.63) is 0 Å². The van der Waals surface area contributed by atoms with Crippen molar-refractivity contribution in [2.75, 3.05) is 0 Å². The lowest BCUT2D eigenvalue weighted by Gasteiger charge is -2.59. The molecule has 0 aromatic carbocycles. The molecule has 3 heteroatoms. The largest absolute Gasteiger partial charge is 0.462 e. The summed E-state index contributed by atoms with van der Waals surface area (Å²) >= 11 is 0. The summed E-state index contributed by atoms with van der Waals surface area (Å²) in [5, 5.41) is 0. The number of ketones is 1. The molecule has 4 saturated carbocycles. The molecule has 0 spiro atoms. The quantitative estimate of drug-likeness (QED) is 0.663. The summed E-state index contributed by atoms with van der Waals surface area (Å²) in [6.45, 7) is 6.29. The highest BCUT2D eigenvalue weighted by Gasteiger charge is 2.62. The summed E-state index contributed by atoms with van der Waals surface area (Å²) < 4.78 is 5.68. The number of fused-ring (bicyclic) bond motifs is 5. The van der Waals surface area contributed by atoms with Crippen molar-refractivity contribution in [2.45, 2.75) is 84.7 Å². The first kappa shape index (κ1) is 16.6. The SMILES string of the molecule is CC(=O)O[C@@H]1CC[C@@H]2[C@@H]3C(=O)C[C@H]4CCCC[C@]4(C)[C@H]3CC[C@]21C. The van der Waals surface area contributed by atoms with Crippen molar-refractivity contribution >= 4 is 11.8 Å². The Bertz CT molecular complexity index is 555. The molecule has 4 aliphatic rings. The molecule has 0 aromatic rings. The summed E-state index contributed by atoms with van der Waals surface area (Å²) in [4.78, 5) is 24.6. The lowest BCUT2D eigenvalue weighted by atomic mass is 9.45. The van der Waals surface area contributed by atoms with Gasteiger partial charge in [-0.1, -0.05) is 26.7 Å². The van der Waals surface area contributed by atoms with E-state index in [2.05, 4.69) is 13.8 Å². The molecular weight excluding hydrogens is 300 g/mol. The number of carbonyl (C=O) groups excluding carboxylic acids is 2. The first-order valence-corrected chi connectivity index (χ1v) is 10.1. The molecule has 0 aromatic heterocycles. The van der Waals surface area contributed by atoms with Crippen LogP contribution in [-0.4, -0.2) is 17.9 Å². The number of Topliss-reactive ketones (excluding diaryl/α,β-unsaturated/α-hetero) is 1. The fourth-order valence-corrected chi connectivity index (χ4v) is 7.31. The fraction of sp³-hybridized carbons (Fsp3) is 0.905. The minimum atomic E-state index is -0.168. The Morgan fingerprint density at radius 3 is 2.50 bits per heavy atom. The second-order valence-corrected chi connectivity index (χ2v) is 9.58. The average molecular weight is 332 g/mol. The number of hydrogen-bond donors (Lipinski definition) is 0. The Morgan fingerprint density at radius 2 is 1.75 bits per heavy atom. The Kier molecular flexibility index (Phi) is 3.85. The molecule has 0 N–H and O–H groups in total. The standard InChI is InChI=1S/C21H32O3/c1-13(22)24-18-8-7-15-19-16(9-11-21(15,18)3)20(2)10-5-4-6-14(20)12-17(19)23/h14-16,18-19H,4-12H2,1-3H3/t14-,15-,16+,18-,19+,20+,21-/m1/s1. The van der Waals surface area contributed by atoms with Gasteiger partial charge in [-0.3, -0.25) is 9.59 Å². The monoisotopic (exact) mass is 332 g/mol. The minimum absolute atomic E-state index is 0.0142. The van der Waals surface area contributed by atoms with E-state index in [1.165, 1.54) is 32.6 Å². The van der Waals surface area contributed by atoms with Gasteiger partial charge in [-0.05, 0) is 61.7 Å². The van der Waals surface area contributed by atoms with Crippen LogP contribution in [-0.2, 0) is 14.3 Å². The normalized spacial score (nSPS) is 50.6. The molecule has 3 nitrogen and oxygen atoms in total. The maximum absolute atomic E-state index is 13.1. The van der Waals surface area contributed by atoms with Gasteiger partial charge in [-0.15, -0.1) is 0 Å². The van der Waals surface area contributed by atoms with Crippen LogP contribution in [0.5, 0.6) is 0 Å². The third-order valence-corrected chi connectivity index (χ3v) is 8.61. The second-order valence-electron chi connectivity index (χ2n) is 9.58. The summed E-state index contributed by atoms with van der Waals surface area (Å²) in [6.07, 6.45) is 10.3. The number of carbonyl (C=O) groups is 2. The molecule has 24 heavy (non-hydrogen) atoms. The predicted molar refractivity (Wildman–Crippen MR) is 92.3 cm³/mol. The van der Waals surface area contributed by atoms with E-state index in [0.29, 0.717) is 29.0 Å². The topological polar surface area (TPSA) is 43.4 Å². The molecule has 0 amide bonds. The lowest BCUT2D eigenvalue weighted by molar-refractivity contribution is -0.166. The van der Waals surface area contributed by atoms with Gasteiger partial charge in [0.1, 0.15) is 11.9 Å². The smallest absolute Gasteiger partial charge is 0.302 e. The maximum atomic E-state index is 13.1. The van der Waals surface area contributed by atoms with E-state index in [1.54, 1.807) is 0 Å². The van der Waals surface area contributed by atoms with E-state index in [0.717, 1.165) is 32.1 Å². The first-order valence-electron chi connectivity index (χ1n) is 10.1. The molecule has 4 aliphatic carbocycles. The molecule has 4 rings (SSSR count). The lowest BCUT2D eigenvalue weighted by Crippen LogP contribution is -2.56. The van der Waals surface area contributed by atoms with Crippen LogP contribution in [0.15, 0.2) is 0 Å². The molecule has 0 unspecified atom stereocenters. The van der Waals surface area contributed by atoms with Crippen LogP contribution in [0, 0.1) is 34.5 Å². The van der Waals surface area contributed by atoms with E-state index in [1.807, 2.05) is 0 Å². The number of ether oxygens (including phenoxy) is 1. The summed E-state index contributed by atoms with van der Waals surface area (Å²) in [6, 6.07) is 0. The highest BCUT2D eigenvalue weighted by molar-refractivity contribution is 5.83. The van der Waals surface area contributed by atoms with Crippen LogP contribution in [0.4, 0.5) is 0 Å². The van der Waals surface area contributed by atoms with Crippen molar-refractivity contribution in [1.82, 2.24) is 0 Å². The fourth-order valence-electron chi connectivity index (χ4n) is 7.31. The third kappa shape index (κ3) is 2.22. The zero-order valence-corrected chi connectivity index (χ0v) is 15.5. The molecule has 4 fully saturated rings. The van der Waals surface area contributed by atoms with E-state index in [-0.39, 0.29) is 23.4 Å². The van der Waals surface area contributed by atoms with Crippen LogP contribution >= 0.6 is 0 Å². The Balaban J connectivity index is 1.64. The van der Waals surface area contributed by atoms with Crippen molar-refractivity contribution in [3.63, 3.8) is 0 Å². The van der Waals surface area contributed by atoms with Crippen LogP contribution in [0.2, 0.25) is 0 Å². The number of esters is 1. The zero-order chi connectivity index (χ0) is 17.1. The molecule has 0 heterocycles. The molecule has 134 valence electrons. The van der Waals surface area contributed by atoms with Crippen molar-refractivity contribution in [3.8, 4) is 0 Å². The van der Waals surface area contributed by atoms with Gasteiger partial charge < -0.3 is 4.74 Å². The Labute approximate surface area is 145 Å². The van der Waals surface area contributed by atoms with Gasteiger partial charge in [0.05, 0.1) is 0 Å². The Hall–Kier alpha value is -0.860. The van der Waals surface area contributed by atoms with E-state index in [9.17, 15) is 9.59 Å². The molecule has 0 aliphatic heterocycles. The van der Waals surface area contributed by atoms with Gasteiger partial charge in [0.2, 0.25) is 0 Å². The van der Waals surface area contributed by atoms with Crippen LogP contribution < -0.4 is 0 Å². The first-order chi connectivity index (χ1) is 11.4. The second kappa shape index (κ2) is 5.57.